The first-order valence-electron chi connectivity index (χ1n) is 7.75. The van der Waals surface area contributed by atoms with Crippen LogP contribution in [0.25, 0.3) is 0 Å². The Morgan fingerprint density at radius 2 is 2.30 bits per heavy atom. The Labute approximate surface area is 140 Å². The Morgan fingerprint density at radius 3 is 3.04 bits per heavy atom. The zero-order chi connectivity index (χ0) is 16.2. The number of thiophene rings is 1. The Hall–Kier alpha value is -1.92. The molecule has 122 valence electrons. The van der Waals surface area contributed by atoms with E-state index in [0.717, 1.165) is 16.4 Å². The molecule has 0 bridgehead atoms. The predicted octanol–water partition coefficient (Wildman–Crippen LogP) is 2.64. The quantitative estimate of drug-likeness (QED) is 0.936. The molecule has 1 aliphatic heterocycles. The maximum absolute atomic E-state index is 12.5. The van der Waals surface area contributed by atoms with Gasteiger partial charge in [0.05, 0.1) is 25.3 Å². The number of ether oxygens (including phenoxy) is 1. The number of rotatable bonds is 4. The third-order valence-corrected chi connectivity index (χ3v) is 4.90. The van der Waals surface area contributed by atoms with E-state index in [1.807, 2.05) is 36.2 Å². The lowest BCUT2D eigenvalue weighted by molar-refractivity contribution is -0.138. The van der Waals surface area contributed by atoms with Crippen LogP contribution in [-0.4, -0.2) is 42.5 Å². The Morgan fingerprint density at radius 1 is 1.43 bits per heavy atom. The molecule has 2 aromatic heterocycles. The van der Waals surface area contributed by atoms with Gasteiger partial charge in [-0.05, 0) is 31.2 Å². The molecule has 6 heteroatoms. The van der Waals surface area contributed by atoms with Gasteiger partial charge < -0.3 is 15.0 Å². The first kappa shape index (κ1) is 16.0. The zero-order valence-electron chi connectivity index (χ0n) is 13.4. The molecule has 3 heterocycles. The molecule has 2 aromatic rings. The van der Waals surface area contributed by atoms with E-state index in [4.69, 9.17) is 4.74 Å². The second-order valence-electron chi connectivity index (χ2n) is 5.59. The number of amides is 1. The minimum atomic E-state index is -0.161. The van der Waals surface area contributed by atoms with Gasteiger partial charge in [0.2, 0.25) is 5.91 Å². The van der Waals surface area contributed by atoms with Crippen molar-refractivity contribution in [3.05, 3.63) is 45.8 Å². The molecular weight excluding hydrogens is 310 g/mol. The maximum Gasteiger partial charge on any atom is 0.228 e. The first-order valence-corrected chi connectivity index (χ1v) is 8.57. The molecule has 0 aromatic carbocycles. The summed E-state index contributed by atoms with van der Waals surface area (Å²) in [5, 5.41) is 3.03. The fourth-order valence-corrected chi connectivity index (χ4v) is 3.55. The van der Waals surface area contributed by atoms with Crippen molar-refractivity contribution in [3.63, 3.8) is 0 Å². The summed E-state index contributed by atoms with van der Waals surface area (Å²) >= 11 is 1.68. The van der Waals surface area contributed by atoms with Crippen LogP contribution in [0.3, 0.4) is 0 Å². The summed E-state index contributed by atoms with van der Waals surface area (Å²) in [6.07, 6.45) is 0.306. The summed E-state index contributed by atoms with van der Waals surface area (Å²) in [6, 6.07) is 9.90. The van der Waals surface area contributed by atoms with Gasteiger partial charge in [0, 0.05) is 23.3 Å². The van der Waals surface area contributed by atoms with E-state index in [2.05, 4.69) is 23.3 Å². The average molecular weight is 331 g/mol. The van der Waals surface area contributed by atoms with Gasteiger partial charge in [-0.15, -0.1) is 11.3 Å². The van der Waals surface area contributed by atoms with Crippen molar-refractivity contribution in [3.8, 4) is 0 Å². The van der Waals surface area contributed by atoms with Crippen LogP contribution in [0.2, 0.25) is 0 Å². The van der Waals surface area contributed by atoms with Crippen molar-refractivity contribution in [1.29, 1.82) is 0 Å². The van der Waals surface area contributed by atoms with Crippen LogP contribution < -0.4 is 5.32 Å². The highest BCUT2D eigenvalue weighted by atomic mass is 32.1. The van der Waals surface area contributed by atoms with Gasteiger partial charge in [-0.1, -0.05) is 6.07 Å². The lowest BCUT2D eigenvalue weighted by atomic mass is 10.1. The minimum Gasteiger partial charge on any atom is -0.373 e. The van der Waals surface area contributed by atoms with Crippen molar-refractivity contribution in [2.45, 2.75) is 19.4 Å². The molecule has 0 saturated carbocycles. The standard InChI is InChI=1S/C17H21N3O2S/c1-12-6-7-13(23-12)10-17(21)20-8-9-22-15(11-20)14-4-3-5-16(18-2)19-14/h3-7,15H,8-11H2,1-2H3,(H,18,19)/t15-/m0/s1. The third kappa shape index (κ3) is 3.89. The zero-order valence-corrected chi connectivity index (χ0v) is 14.2. The third-order valence-electron chi connectivity index (χ3n) is 3.90. The van der Waals surface area contributed by atoms with Gasteiger partial charge >= 0.3 is 0 Å². The molecule has 0 unspecified atom stereocenters. The topological polar surface area (TPSA) is 54.5 Å². The highest BCUT2D eigenvalue weighted by molar-refractivity contribution is 7.12. The van der Waals surface area contributed by atoms with Crippen molar-refractivity contribution in [2.75, 3.05) is 32.1 Å². The van der Waals surface area contributed by atoms with E-state index in [1.54, 1.807) is 11.3 Å². The number of aromatic nitrogens is 1. The summed E-state index contributed by atoms with van der Waals surface area (Å²) in [7, 11) is 1.84. The number of aryl methyl sites for hydroxylation is 1. The smallest absolute Gasteiger partial charge is 0.228 e. The Bertz CT molecular complexity index is 686. The second-order valence-corrected chi connectivity index (χ2v) is 6.96. The molecule has 0 aliphatic carbocycles. The summed E-state index contributed by atoms with van der Waals surface area (Å²) in [5.41, 5.74) is 0.862. The molecule has 5 nitrogen and oxygen atoms in total. The molecule has 3 rings (SSSR count). The number of nitrogens with zero attached hydrogens (tertiary/aromatic N) is 2. The fraction of sp³-hybridized carbons (Fsp3) is 0.412. The molecule has 1 amide bonds. The predicted molar refractivity (Wildman–Crippen MR) is 91.8 cm³/mol. The number of anilines is 1. The molecule has 23 heavy (non-hydrogen) atoms. The number of pyridine rings is 1. The highest BCUT2D eigenvalue weighted by Crippen LogP contribution is 2.23. The molecular formula is C17H21N3O2S. The number of nitrogens with one attached hydrogen (secondary N) is 1. The van der Waals surface area contributed by atoms with Crippen LogP contribution in [0.15, 0.2) is 30.3 Å². The van der Waals surface area contributed by atoms with E-state index in [9.17, 15) is 4.79 Å². The first-order chi connectivity index (χ1) is 11.2. The summed E-state index contributed by atoms with van der Waals surface area (Å²) in [6.45, 7) is 3.81. The van der Waals surface area contributed by atoms with Gasteiger partial charge in [0.15, 0.2) is 0 Å². The van der Waals surface area contributed by atoms with Crippen LogP contribution in [0.4, 0.5) is 5.82 Å². The molecule has 1 atom stereocenters. The van der Waals surface area contributed by atoms with Crippen LogP contribution >= 0.6 is 11.3 Å². The summed E-state index contributed by atoms with van der Waals surface area (Å²) in [5.74, 6) is 0.966. The van der Waals surface area contributed by atoms with E-state index in [0.29, 0.717) is 26.1 Å². The number of morpholine rings is 1. The second kappa shape index (κ2) is 7.10. The minimum absolute atomic E-state index is 0.157. The SMILES string of the molecule is CNc1cccc([C@@H]2CN(C(=O)Cc3ccc(C)s3)CCO2)n1. The molecule has 1 fully saturated rings. The highest BCUT2D eigenvalue weighted by Gasteiger charge is 2.26. The van der Waals surface area contributed by atoms with Gasteiger partial charge in [0.25, 0.3) is 0 Å². The van der Waals surface area contributed by atoms with Crippen LogP contribution in [0.5, 0.6) is 0 Å². The van der Waals surface area contributed by atoms with Gasteiger partial charge in [-0.2, -0.15) is 0 Å². The lowest BCUT2D eigenvalue weighted by Gasteiger charge is -2.32. The number of carbonyl (C=O) groups is 1. The normalized spacial score (nSPS) is 18.0. The van der Waals surface area contributed by atoms with Crippen molar-refractivity contribution in [1.82, 2.24) is 9.88 Å². The summed E-state index contributed by atoms with van der Waals surface area (Å²) in [4.78, 5) is 21.3. The monoisotopic (exact) mass is 331 g/mol. The molecule has 1 N–H and O–H groups in total. The van der Waals surface area contributed by atoms with E-state index in [1.165, 1.54) is 4.88 Å². The van der Waals surface area contributed by atoms with Crippen molar-refractivity contribution >= 4 is 23.1 Å². The van der Waals surface area contributed by atoms with Crippen molar-refractivity contribution in [2.24, 2.45) is 0 Å². The van der Waals surface area contributed by atoms with Crippen LogP contribution in [0.1, 0.15) is 21.6 Å². The van der Waals surface area contributed by atoms with Gasteiger partial charge in [-0.3, -0.25) is 4.79 Å². The lowest BCUT2D eigenvalue weighted by Crippen LogP contribution is -2.43. The van der Waals surface area contributed by atoms with E-state index >= 15 is 0 Å². The molecule has 0 radical (unpaired) electrons. The Balaban J connectivity index is 1.66. The number of hydrogen-bond acceptors (Lipinski definition) is 5. The van der Waals surface area contributed by atoms with Crippen molar-refractivity contribution < 1.29 is 9.53 Å². The fourth-order valence-electron chi connectivity index (χ4n) is 2.67. The number of hydrogen-bond donors (Lipinski definition) is 1. The van der Waals surface area contributed by atoms with E-state index in [-0.39, 0.29) is 12.0 Å². The molecule has 1 saturated heterocycles. The van der Waals surface area contributed by atoms with Gasteiger partial charge in [-0.25, -0.2) is 4.98 Å². The van der Waals surface area contributed by atoms with Gasteiger partial charge in [0.1, 0.15) is 11.9 Å². The maximum atomic E-state index is 12.5. The van der Waals surface area contributed by atoms with E-state index < -0.39 is 0 Å². The largest absolute Gasteiger partial charge is 0.373 e. The van der Waals surface area contributed by atoms with Crippen LogP contribution in [0, 0.1) is 6.92 Å². The molecule has 1 aliphatic rings. The summed E-state index contributed by atoms with van der Waals surface area (Å²) < 4.78 is 5.82. The molecule has 0 spiro atoms. The average Bonchev–Trinajstić information content (AvgIpc) is 3.00. The number of carbonyl (C=O) groups excluding carboxylic acids is 1. The van der Waals surface area contributed by atoms with Crippen LogP contribution in [-0.2, 0) is 16.0 Å². The Kier molecular flexibility index (Phi) is 4.93.